The highest BCUT2D eigenvalue weighted by Gasteiger charge is 2.06. The molecule has 0 aliphatic carbocycles. The Morgan fingerprint density at radius 1 is 1.33 bits per heavy atom. The van der Waals surface area contributed by atoms with Crippen LogP contribution >= 0.6 is 11.6 Å². The Morgan fingerprint density at radius 2 is 1.95 bits per heavy atom. The van der Waals surface area contributed by atoms with Gasteiger partial charge in [0, 0.05) is 24.3 Å². The summed E-state index contributed by atoms with van der Waals surface area (Å²) in [6, 6.07) is 7.46. The summed E-state index contributed by atoms with van der Waals surface area (Å²) < 4.78 is 6.86. The van der Waals surface area contributed by atoms with Crippen molar-refractivity contribution in [1.29, 1.82) is 0 Å². The van der Waals surface area contributed by atoms with Crippen molar-refractivity contribution in [3.05, 3.63) is 53.1 Å². The molecular formula is C16H21ClN2O2. The number of halogens is 1. The highest BCUT2D eigenvalue weighted by atomic mass is 35.5. The molecule has 0 unspecified atom stereocenters. The molecule has 0 spiro atoms. The third-order valence-corrected chi connectivity index (χ3v) is 2.89. The minimum Gasteiger partial charge on any atom is -0.613 e. The van der Waals surface area contributed by atoms with Crippen LogP contribution in [0.4, 0.5) is 0 Å². The summed E-state index contributed by atoms with van der Waals surface area (Å²) in [5.41, 5.74) is 1.83. The van der Waals surface area contributed by atoms with E-state index < -0.39 is 0 Å². The van der Waals surface area contributed by atoms with Crippen LogP contribution in [0.25, 0.3) is 5.70 Å². The van der Waals surface area contributed by atoms with Crippen LogP contribution in [0.3, 0.4) is 0 Å². The quantitative estimate of drug-likeness (QED) is 0.459. The molecule has 0 saturated carbocycles. The van der Waals surface area contributed by atoms with Crippen LogP contribution in [0.15, 0.2) is 42.5 Å². The highest BCUT2D eigenvalue weighted by Crippen LogP contribution is 2.20. The highest BCUT2D eigenvalue weighted by molar-refractivity contribution is 6.30. The van der Waals surface area contributed by atoms with Gasteiger partial charge in [-0.2, -0.15) is 0 Å². The average Bonchev–Trinajstić information content (AvgIpc) is 2.40. The first-order valence-electron chi connectivity index (χ1n) is 6.66. The molecule has 0 aromatic heterocycles. The lowest BCUT2D eigenvalue weighted by Crippen LogP contribution is -2.17. The van der Waals surface area contributed by atoms with Gasteiger partial charge in [-0.05, 0) is 24.3 Å². The Kier molecular flexibility index (Phi) is 6.82. The van der Waals surface area contributed by atoms with Crippen LogP contribution in [0, 0.1) is 0 Å². The maximum Gasteiger partial charge on any atom is 0.165 e. The lowest BCUT2D eigenvalue weighted by molar-refractivity contribution is -0.458. The van der Waals surface area contributed by atoms with Crippen molar-refractivity contribution < 1.29 is 14.4 Å². The molecule has 0 fully saturated rings. The van der Waals surface area contributed by atoms with Gasteiger partial charge in [0.15, 0.2) is 6.21 Å². The van der Waals surface area contributed by atoms with Gasteiger partial charge >= 0.3 is 0 Å². The van der Waals surface area contributed by atoms with Gasteiger partial charge in [-0.15, -0.1) is 0 Å². The number of benzene rings is 1. The summed E-state index contributed by atoms with van der Waals surface area (Å²) in [5.74, 6) is -0.371. The van der Waals surface area contributed by atoms with Gasteiger partial charge in [-0.25, -0.2) is 4.58 Å². The summed E-state index contributed by atoms with van der Waals surface area (Å²) in [5, 5.41) is 12.3. The molecule has 0 aliphatic heterocycles. The zero-order valence-electron chi connectivity index (χ0n) is 12.8. The molecule has 0 radical (unpaired) electrons. The Hall–Kier alpha value is -1.94. The molecule has 0 atom stereocenters. The fraction of sp³-hybridized carbons (Fsp3) is 0.312. The van der Waals surface area contributed by atoms with Gasteiger partial charge in [0.1, 0.15) is 14.1 Å². The molecule has 1 aromatic carbocycles. The number of hydrogen-bond donors (Lipinski definition) is 0. The third kappa shape index (κ3) is 5.92. The zero-order chi connectivity index (χ0) is 15.8. The molecule has 0 heterocycles. The predicted octanol–water partition coefficient (Wildman–Crippen LogP) is 2.15. The first kappa shape index (κ1) is 17.1. The van der Waals surface area contributed by atoms with E-state index >= 15 is 0 Å². The average molecular weight is 309 g/mol. The number of allylic oxidation sites excluding steroid dienone is 1. The minimum absolute atomic E-state index is 0.354. The lowest BCUT2D eigenvalue weighted by Gasteiger charge is -2.22. The normalized spacial score (nSPS) is 12.0. The van der Waals surface area contributed by atoms with E-state index in [1.165, 1.54) is 6.20 Å². The monoisotopic (exact) mass is 308 g/mol. The van der Waals surface area contributed by atoms with Gasteiger partial charge in [-0.1, -0.05) is 30.7 Å². The summed E-state index contributed by atoms with van der Waals surface area (Å²) in [6.45, 7) is 2.13. The van der Waals surface area contributed by atoms with Crippen molar-refractivity contribution in [2.24, 2.45) is 0 Å². The third-order valence-electron chi connectivity index (χ3n) is 2.64. The fourth-order valence-corrected chi connectivity index (χ4v) is 1.79. The van der Waals surface area contributed by atoms with Gasteiger partial charge in [-0.3, -0.25) is 0 Å². The lowest BCUT2D eigenvalue weighted by atomic mass is 10.1. The smallest absolute Gasteiger partial charge is 0.165 e. The molecule has 114 valence electrons. The van der Waals surface area contributed by atoms with Crippen molar-refractivity contribution in [2.75, 3.05) is 27.7 Å². The molecule has 0 saturated heterocycles. The van der Waals surface area contributed by atoms with E-state index in [2.05, 4.69) is 0 Å². The topological polar surface area (TPSA) is 38.5 Å². The molecule has 4 nitrogen and oxygen atoms in total. The summed E-state index contributed by atoms with van der Waals surface area (Å²) in [7, 11) is 5.68. The molecule has 1 rings (SSSR count). The molecule has 0 amide bonds. The van der Waals surface area contributed by atoms with Crippen LogP contribution in [0.1, 0.15) is 12.5 Å². The second-order valence-corrected chi connectivity index (χ2v) is 5.10. The Morgan fingerprint density at radius 3 is 2.48 bits per heavy atom. The van der Waals surface area contributed by atoms with Crippen LogP contribution in [0.5, 0.6) is 0 Å². The van der Waals surface area contributed by atoms with Crippen LogP contribution in [-0.2, 0) is 4.74 Å². The Bertz CT molecular complexity index is 544. The van der Waals surface area contributed by atoms with Crippen molar-refractivity contribution in [2.45, 2.75) is 6.92 Å². The van der Waals surface area contributed by atoms with E-state index in [1.807, 2.05) is 55.2 Å². The Labute approximate surface area is 131 Å². The number of rotatable bonds is 6. The second-order valence-electron chi connectivity index (χ2n) is 4.66. The summed E-state index contributed by atoms with van der Waals surface area (Å²) in [6.07, 6.45) is 5.27. The fourth-order valence-electron chi connectivity index (χ4n) is 1.66. The standard InChI is InChI=1S/C16H21ClN2O2/c1-5-21-16(20)12-19(4)15(10-11-18(2)3)13-6-8-14(17)9-7-13/h6-12H,5H2,1-4H3/b16-12+. The van der Waals surface area contributed by atoms with Crippen molar-refractivity contribution in [3.63, 3.8) is 0 Å². The van der Waals surface area contributed by atoms with E-state index in [9.17, 15) is 5.11 Å². The van der Waals surface area contributed by atoms with E-state index in [4.69, 9.17) is 16.3 Å². The van der Waals surface area contributed by atoms with E-state index in [0.29, 0.717) is 11.6 Å². The van der Waals surface area contributed by atoms with Gasteiger partial charge < -0.3 is 14.7 Å². The minimum atomic E-state index is -0.371. The molecule has 0 N–H and O–H groups in total. The van der Waals surface area contributed by atoms with E-state index in [0.717, 1.165) is 11.3 Å². The largest absolute Gasteiger partial charge is 0.613 e. The van der Waals surface area contributed by atoms with Crippen LogP contribution in [-0.4, -0.2) is 43.4 Å². The van der Waals surface area contributed by atoms with Crippen LogP contribution in [0.2, 0.25) is 5.02 Å². The molecule has 0 aliphatic rings. The maximum atomic E-state index is 11.6. The summed E-state index contributed by atoms with van der Waals surface area (Å²) >= 11 is 5.92. The first-order chi connectivity index (χ1) is 9.93. The van der Waals surface area contributed by atoms with Gasteiger partial charge in [0.25, 0.3) is 0 Å². The van der Waals surface area contributed by atoms with Gasteiger partial charge in [0.05, 0.1) is 11.6 Å². The molecule has 1 aromatic rings. The van der Waals surface area contributed by atoms with Crippen molar-refractivity contribution >= 4 is 23.5 Å². The molecule has 21 heavy (non-hydrogen) atoms. The second kappa shape index (κ2) is 8.37. The maximum absolute atomic E-state index is 11.6. The van der Waals surface area contributed by atoms with Crippen LogP contribution < -0.4 is 5.11 Å². The zero-order valence-corrected chi connectivity index (χ0v) is 13.6. The van der Waals surface area contributed by atoms with Gasteiger partial charge in [0.2, 0.25) is 0 Å². The first-order valence-corrected chi connectivity index (χ1v) is 7.03. The summed E-state index contributed by atoms with van der Waals surface area (Å²) in [4.78, 5) is 1.74. The number of ether oxygens (including phenoxy) is 1. The Balaban J connectivity index is 3.14. The number of hydrogen-bond acceptors (Lipinski definition) is 3. The molecule has 5 heteroatoms. The van der Waals surface area contributed by atoms with Crippen molar-refractivity contribution in [3.8, 4) is 0 Å². The molecular weight excluding hydrogens is 288 g/mol. The van der Waals surface area contributed by atoms with Crippen molar-refractivity contribution in [1.82, 2.24) is 4.90 Å². The molecule has 0 bridgehead atoms. The van der Waals surface area contributed by atoms with E-state index in [1.54, 1.807) is 18.9 Å². The predicted molar refractivity (Wildman–Crippen MR) is 85.1 cm³/mol. The van der Waals surface area contributed by atoms with E-state index in [-0.39, 0.29) is 5.95 Å². The number of nitrogens with zero attached hydrogens (tertiary/aromatic N) is 2. The SMILES string of the molecule is CCO/C([O-])=C/N(C)/C(=C\C=[N+](C)C)c1ccc(Cl)cc1.